The van der Waals surface area contributed by atoms with E-state index in [1.165, 1.54) is 0 Å². The molecule has 2 N–H and O–H groups in total. The van der Waals surface area contributed by atoms with Crippen LogP contribution in [-0.2, 0) is 0 Å². The van der Waals surface area contributed by atoms with Crippen LogP contribution in [0.25, 0.3) is 0 Å². The van der Waals surface area contributed by atoms with Crippen molar-refractivity contribution >= 4 is 17.3 Å². The number of nitrogens with zero attached hydrogens (tertiary/aromatic N) is 1. The molecule has 102 valence electrons. The van der Waals surface area contributed by atoms with Crippen LogP contribution < -0.4 is 0 Å². The fourth-order valence-electron chi connectivity index (χ4n) is 2.01. The quantitative estimate of drug-likeness (QED) is 0.754. The van der Waals surface area contributed by atoms with Gasteiger partial charge in [0.25, 0.3) is 0 Å². The average Bonchev–Trinajstić information content (AvgIpc) is 2.73. The molecule has 0 saturated carbocycles. The Labute approximate surface area is 115 Å². The number of hydrogen-bond acceptors (Lipinski definition) is 3. The fraction of sp³-hybridized carbons (Fsp3) is 0.643. The number of nitrogens with one attached hydrogen (secondary N) is 1. The summed E-state index contributed by atoms with van der Waals surface area (Å²) >= 11 is 6.20. The first-order valence-electron chi connectivity index (χ1n) is 6.37. The lowest BCUT2D eigenvalue weighted by Gasteiger charge is -2.21. The van der Waals surface area contributed by atoms with E-state index in [2.05, 4.69) is 11.5 Å². The summed E-state index contributed by atoms with van der Waals surface area (Å²) in [6.07, 6.45) is 1.23. The third-order valence-electron chi connectivity index (χ3n) is 3.27. The number of hydrogen-bond donors (Lipinski definition) is 2. The monoisotopic (exact) mass is 270 g/mol. The number of rotatable bonds is 5. The van der Waals surface area contributed by atoms with Gasteiger partial charge in [-0.05, 0) is 24.8 Å². The van der Waals surface area contributed by atoms with E-state index in [0.29, 0.717) is 23.7 Å². The van der Waals surface area contributed by atoms with Crippen LogP contribution in [0, 0.1) is 11.3 Å². The van der Waals surface area contributed by atoms with Crippen LogP contribution in [0.5, 0.6) is 0 Å². The molecule has 1 aliphatic rings. The van der Waals surface area contributed by atoms with Crippen LogP contribution in [0.1, 0.15) is 33.6 Å². The van der Waals surface area contributed by atoms with Crippen LogP contribution in [0.3, 0.4) is 0 Å². The van der Waals surface area contributed by atoms with Crippen molar-refractivity contribution in [3.05, 3.63) is 22.9 Å². The fourth-order valence-corrected chi connectivity index (χ4v) is 2.29. The minimum atomic E-state index is -0.240. The third kappa shape index (κ3) is 3.85. The van der Waals surface area contributed by atoms with Gasteiger partial charge in [-0.3, -0.25) is 0 Å². The molecule has 0 aliphatic carbocycles. The Morgan fingerprint density at radius 2 is 2.17 bits per heavy atom. The minimum absolute atomic E-state index is 0.134. The highest BCUT2D eigenvalue weighted by atomic mass is 35.5. The summed E-state index contributed by atoms with van der Waals surface area (Å²) in [4.78, 5) is 2.09. The second-order valence-corrected chi connectivity index (χ2v) is 5.67. The number of aliphatic hydroxyl groups excluding tert-OH is 1. The Balaban J connectivity index is 2.63. The van der Waals surface area contributed by atoms with E-state index in [1.807, 2.05) is 20.8 Å². The lowest BCUT2D eigenvalue weighted by atomic mass is 10.0. The highest BCUT2D eigenvalue weighted by molar-refractivity contribution is 6.43. The maximum atomic E-state index is 9.50. The maximum Gasteiger partial charge on any atom is 0.0731 e. The van der Waals surface area contributed by atoms with Crippen molar-refractivity contribution in [3.63, 3.8) is 0 Å². The van der Waals surface area contributed by atoms with Gasteiger partial charge in [0.1, 0.15) is 0 Å². The summed E-state index contributed by atoms with van der Waals surface area (Å²) in [5, 5.41) is 17.9. The summed E-state index contributed by atoms with van der Waals surface area (Å²) in [5.74, 6) is 0.134. The van der Waals surface area contributed by atoms with E-state index < -0.39 is 0 Å². The smallest absolute Gasteiger partial charge is 0.0731 e. The SMILES string of the molecule is C=C(C/C(C)=C(\Cl)C(=N)C(C)C)N1CCC(O)C1. The molecular formula is C14H23ClN2O. The number of β-amino-alcohol motifs (C(OH)–C–C–N with tert-alkyl or cyclic N) is 1. The Bertz CT molecular complexity index is 374. The molecule has 4 heteroatoms. The van der Waals surface area contributed by atoms with Gasteiger partial charge in [-0.1, -0.05) is 32.0 Å². The molecule has 1 fully saturated rings. The van der Waals surface area contributed by atoms with E-state index in [1.54, 1.807) is 0 Å². The van der Waals surface area contributed by atoms with Gasteiger partial charge in [-0.25, -0.2) is 0 Å². The molecule has 18 heavy (non-hydrogen) atoms. The van der Waals surface area contributed by atoms with Gasteiger partial charge in [0, 0.05) is 25.2 Å². The number of halogens is 1. The zero-order valence-electron chi connectivity index (χ0n) is 11.5. The zero-order chi connectivity index (χ0) is 13.9. The van der Waals surface area contributed by atoms with E-state index >= 15 is 0 Å². The third-order valence-corrected chi connectivity index (χ3v) is 3.79. The molecule has 0 spiro atoms. The molecule has 1 atom stereocenters. The lowest BCUT2D eigenvalue weighted by Crippen LogP contribution is -2.21. The Kier molecular flexibility index (Phi) is 5.42. The number of aliphatic hydroxyl groups is 1. The molecule has 0 bridgehead atoms. The Morgan fingerprint density at radius 3 is 2.61 bits per heavy atom. The molecule has 3 nitrogen and oxygen atoms in total. The zero-order valence-corrected chi connectivity index (χ0v) is 12.2. The van der Waals surface area contributed by atoms with E-state index in [9.17, 15) is 5.11 Å². The summed E-state index contributed by atoms with van der Waals surface area (Å²) in [5.41, 5.74) is 2.42. The van der Waals surface area contributed by atoms with Crippen molar-refractivity contribution in [1.29, 1.82) is 5.41 Å². The van der Waals surface area contributed by atoms with Gasteiger partial charge in [-0.2, -0.15) is 0 Å². The molecule has 1 rings (SSSR count). The van der Waals surface area contributed by atoms with E-state index in [0.717, 1.165) is 24.2 Å². The molecular weight excluding hydrogens is 248 g/mol. The normalized spacial score (nSPS) is 21.2. The van der Waals surface area contributed by atoms with Crippen LogP contribution in [-0.4, -0.2) is 34.9 Å². The van der Waals surface area contributed by atoms with Crippen molar-refractivity contribution in [2.24, 2.45) is 5.92 Å². The predicted molar refractivity (Wildman–Crippen MR) is 77.1 cm³/mol. The number of likely N-dealkylation sites (tertiary alicyclic amines) is 1. The van der Waals surface area contributed by atoms with E-state index in [4.69, 9.17) is 17.0 Å². The molecule has 0 radical (unpaired) electrons. The molecule has 1 aliphatic heterocycles. The van der Waals surface area contributed by atoms with Crippen LogP contribution >= 0.6 is 11.6 Å². The number of allylic oxidation sites excluding steroid dienone is 2. The van der Waals surface area contributed by atoms with Gasteiger partial charge in [0.15, 0.2) is 0 Å². The highest BCUT2D eigenvalue weighted by Crippen LogP contribution is 2.24. The molecule has 0 aromatic carbocycles. The minimum Gasteiger partial charge on any atom is -0.391 e. The Morgan fingerprint density at radius 1 is 1.56 bits per heavy atom. The van der Waals surface area contributed by atoms with Gasteiger partial charge < -0.3 is 15.4 Å². The van der Waals surface area contributed by atoms with E-state index in [-0.39, 0.29) is 12.0 Å². The molecule has 1 saturated heterocycles. The maximum absolute atomic E-state index is 9.50. The topological polar surface area (TPSA) is 47.3 Å². The standard InChI is InChI=1S/C14H23ClN2O/c1-9(2)14(16)13(15)10(3)7-11(4)17-6-5-12(18)8-17/h9,12,16,18H,4-8H2,1-3H3/b13-10-,16-14?. The van der Waals surface area contributed by atoms with Gasteiger partial charge in [-0.15, -0.1) is 0 Å². The first-order valence-corrected chi connectivity index (χ1v) is 6.75. The lowest BCUT2D eigenvalue weighted by molar-refractivity contribution is 0.183. The van der Waals surface area contributed by atoms with Crippen LogP contribution in [0.4, 0.5) is 0 Å². The van der Waals surface area contributed by atoms with Crippen LogP contribution in [0.15, 0.2) is 22.9 Å². The molecule has 0 aromatic rings. The molecule has 1 unspecified atom stereocenters. The largest absolute Gasteiger partial charge is 0.391 e. The predicted octanol–water partition coefficient (Wildman–Crippen LogP) is 3.15. The second-order valence-electron chi connectivity index (χ2n) is 5.29. The first-order chi connectivity index (χ1) is 8.32. The van der Waals surface area contributed by atoms with Crippen molar-refractivity contribution in [2.45, 2.75) is 39.7 Å². The molecule has 0 aromatic heterocycles. The van der Waals surface area contributed by atoms with Crippen molar-refractivity contribution < 1.29 is 5.11 Å². The van der Waals surface area contributed by atoms with Gasteiger partial charge in [0.05, 0.1) is 16.8 Å². The summed E-state index contributed by atoms with van der Waals surface area (Å²) in [6.45, 7) is 11.4. The average molecular weight is 271 g/mol. The molecule has 0 amide bonds. The first kappa shape index (κ1) is 15.3. The van der Waals surface area contributed by atoms with Crippen LogP contribution in [0.2, 0.25) is 0 Å². The summed E-state index contributed by atoms with van der Waals surface area (Å²) in [7, 11) is 0. The van der Waals surface area contributed by atoms with Crippen molar-refractivity contribution in [3.8, 4) is 0 Å². The summed E-state index contributed by atoms with van der Waals surface area (Å²) in [6, 6.07) is 0. The highest BCUT2D eigenvalue weighted by Gasteiger charge is 2.21. The van der Waals surface area contributed by atoms with Crippen molar-refractivity contribution in [1.82, 2.24) is 4.90 Å². The Hall–Kier alpha value is -0.800. The second kappa shape index (κ2) is 6.39. The van der Waals surface area contributed by atoms with Gasteiger partial charge >= 0.3 is 0 Å². The van der Waals surface area contributed by atoms with Gasteiger partial charge in [0.2, 0.25) is 0 Å². The van der Waals surface area contributed by atoms with Crippen molar-refractivity contribution in [2.75, 3.05) is 13.1 Å². The summed E-state index contributed by atoms with van der Waals surface area (Å²) < 4.78 is 0. The molecule has 1 heterocycles.